The number of carbonyl (C=O) groups excluding carboxylic acids is 2. The molecule has 156 valence electrons. The number of Topliss-reactive ketones (excluding diaryl/α,β-unsaturated/α-hetero) is 1. The maximum atomic E-state index is 12.3. The first-order valence-corrected chi connectivity index (χ1v) is 10.8. The molecule has 0 N–H and O–H groups in total. The molecule has 1 aromatic carbocycles. The monoisotopic (exact) mass is 450 g/mol. The summed E-state index contributed by atoms with van der Waals surface area (Å²) in [5.74, 6) is -0.175. The van der Waals surface area contributed by atoms with Crippen molar-refractivity contribution in [2.45, 2.75) is 19.8 Å². The molecule has 0 saturated carbocycles. The average molecular weight is 451 g/mol. The summed E-state index contributed by atoms with van der Waals surface area (Å²) in [6.07, 6.45) is 6.48. The van der Waals surface area contributed by atoms with Gasteiger partial charge >= 0.3 is 0 Å². The van der Waals surface area contributed by atoms with Gasteiger partial charge in [0.2, 0.25) is 5.91 Å². The van der Waals surface area contributed by atoms with Crippen molar-refractivity contribution >= 4 is 34.6 Å². The molecular formula is C23H19ClN4O2S. The van der Waals surface area contributed by atoms with Crippen LogP contribution in [0.5, 0.6) is 0 Å². The van der Waals surface area contributed by atoms with Crippen LogP contribution in [0.1, 0.15) is 28.7 Å². The van der Waals surface area contributed by atoms with Gasteiger partial charge in [-0.2, -0.15) is 4.99 Å². The normalized spacial score (nSPS) is 11.6. The molecule has 0 aliphatic rings. The number of carbonyl (C=O) groups is 2. The van der Waals surface area contributed by atoms with Gasteiger partial charge in [0.15, 0.2) is 5.78 Å². The second-order valence-electron chi connectivity index (χ2n) is 6.88. The summed E-state index contributed by atoms with van der Waals surface area (Å²) in [6.45, 7) is 1.43. The minimum Gasteiger partial charge on any atom is -0.306 e. The second kappa shape index (κ2) is 9.24. The zero-order valence-corrected chi connectivity index (χ0v) is 18.3. The van der Waals surface area contributed by atoms with Crippen molar-refractivity contribution in [3.05, 3.63) is 93.7 Å². The Hall–Kier alpha value is -3.29. The lowest BCUT2D eigenvalue weighted by Gasteiger charge is -2.08. The predicted molar refractivity (Wildman–Crippen MR) is 121 cm³/mol. The number of hydrogen-bond acceptors (Lipinski definition) is 4. The standard InChI is InChI=1S/C23H19ClN4O2S/c1-16(29)26-23-4-2-3-13-28(23)19-8-6-18(7-9-19)27-14-17(25-15-27)5-10-20(30)21-11-12-22(24)31-21/h2-4,6-9,11-15H,5,10H2,1H3. The first-order valence-electron chi connectivity index (χ1n) is 9.65. The van der Waals surface area contributed by atoms with Crippen LogP contribution in [-0.2, 0) is 11.2 Å². The molecule has 0 radical (unpaired) electrons. The van der Waals surface area contributed by atoms with E-state index in [-0.39, 0.29) is 11.7 Å². The molecule has 0 atom stereocenters. The van der Waals surface area contributed by atoms with E-state index in [4.69, 9.17) is 11.6 Å². The van der Waals surface area contributed by atoms with Gasteiger partial charge < -0.3 is 9.13 Å². The Morgan fingerprint density at radius 3 is 2.55 bits per heavy atom. The number of imidazole rings is 1. The Balaban J connectivity index is 1.48. The summed E-state index contributed by atoms with van der Waals surface area (Å²) in [5.41, 5.74) is 3.26. The molecule has 0 aliphatic heterocycles. The fourth-order valence-electron chi connectivity index (χ4n) is 3.15. The molecule has 0 bridgehead atoms. The van der Waals surface area contributed by atoms with Crippen molar-refractivity contribution < 1.29 is 9.59 Å². The van der Waals surface area contributed by atoms with E-state index in [1.807, 2.05) is 57.9 Å². The highest BCUT2D eigenvalue weighted by Gasteiger charge is 2.10. The van der Waals surface area contributed by atoms with E-state index in [1.54, 1.807) is 24.5 Å². The Labute approximate surface area is 188 Å². The highest BCUT2D eigenvalue weighted by molar-refractivity contribution is 7.18. The van der Waals surface area contributed by atoms with Crippen molar-refractivity contribution in [1.29, 1.82) is 0 Å². The van der Waals surface area contributed by atoms with Crippen LogP contribution in [0.15, 0.2) is 78.3 Å². The van der Waals surface area contributed by atoms with Crippen molar-refractivity contribution in [3.8, 4) is 11.4 Å². The summed E-state index contributed by atoms with van der Waals surface area (Å²) in [5, 5.41) is 0. The molecule has 0 saturated heterocycles. The number of benzene rings is 1. The van der Waals surface area contributed by atoms with Crippen LogP contribution in [0.25, 0.3) is 11.4 Å². The van der Waals surface area contributed by atoms with Crippen LogP contribution in [0, 0.1) is 0 Å². The molecule has 0 unspecified atom stereocenters. The highest BCUT2D eigenvalue weighted by Crippen LogP contribution is 2.23. The maximum Gasteiger partial charge on any atom is 0.244 e. The fourth-order valence-corrected chi connectivity index (χ4v) is 4.16. The van der Waals surface area contributed by atoms with E-state index in [2.05, 4.69) is 9.98 Å². The van der Waals surface area contributed by atoms with Gasteiger partial charge in [0.05, 0.1) is 21.2 Å². The van der Waals surface area contributed by atoms with Crippen LogP contribution in [0.4, 0.5) is 0 Å². The van der Waals surface area contributed by atoms with Crippen LogP contribution in [-0.4, -0.2) is 25.8 Å². The zero-order chi connectivity index (χ0) is 21.8. The summed E-state index contributed by atoms with van der Waals surface area (Å²) in [4.78, 5) is 32.8. The van der Waals surface area contributed by atoms with Crippen LogP contribution >= 0.6 is 22.9 Å². The molecule has 8 heteroatoms. The smallest absolute Gasteiger partial charge is 0.244 e. The minimum atomic E-state index is -0.247. The van der Waals surface area contributed by atoms with Crippen LogP contribution in [0.2, 0.25) is 4.34 Å². The molecule has 3 aromatic heterocycles. The molecule has 31 heavy (non-hydrogen) atoms. The number of ketones is 1. The van der Waals surface area contributed by atoms with E-state index < -0.39 is 0 Å². The average Bonchev–Trinajstić information content (AvgIpc) is 3.41. The number of aryl methyl sites for hydroxylation is 1. The Morgan fingerprint density at radius 1 is 1.06 bits per heavy atom. The van der Waals surface area contributed by atoms with Crippen LogP contribution < -0.4 is 5.49 Å². The first-order chi connectivity index (χ1) is 15.0. The topological polar surface area (TPSA) is 69.2 Å². The van der Waals surface area contributed by atoms with Crippen LogP contribution in [0.3, 0.4) is 0 Å². The summed E-state index contributed by atoms with van der Waals surface area (Å²) in [6, 6.07) is 16.9. The number of halogens is 1. The van der Waals surface area contributed by atoms with Gasteiger partial charge in [0.1, 0.15) is 5.49 Å². The molecule has 0 aliphatic carbocycles. The number of thiophene rings is 1. The lowest BCUT2D eigenvalue weighted by atomic mass is 10.1. The Kier molecular flexibility index (Phi) is 6.25. The molecule has 4 rings (SSSR count). The van der Waals surface area contributed by atoms with Crippen molar-refractivity contribution in [3.63, 3.8) is 0 Å². The van der Waals surface area contributed by atoms with E-state index in [9.17, 15) is 9.59 Å². The Bertz CT molecular complexity index is 1300. The molecule has 1 amide bonds. The SMILES string of the molecule is CC(=O)N=c1ccccn1-c1ccc(-n2cnc(CCC(=O)c3ccc(Cl)s3)c2)cc1. The number of amides is 1. The third kappa shape index (κ3) is 5.07. The quantitative estimate of drug-likeness (QED) is 0.402. The molecule has 4 aromatic rings. The molecule has 0 spiro atoms. The number of aromatic nitrogens is 3. The minimum absolute atomic E-state index is 0.0717. The number of hydrogen-bond donors (Lipinski definition) is 0. The summed E-state index contributed by atoms with van der Waals surface area (Å²) in [7, 11) is 0. The Morgan fingerprint density at radius 2 is 1.84 bits per heavy atom. The van der Waals surface area contributed by atoms with Gasteiger partial charge in [-0.1, -0.05) is 17.7 Å². The van der Waals surface area contributed by atoms with E-state index in [0.29, 0.717) is 27.5 Å². The predicted octanol–water partition coefficient (Wildman–Crippen LogP) is 4.64. The molecule has 3 heterocycles. The zero-order valence-electron chi connectivity index (χ0n) is 16.7. The molecule has 0 fully saturated rings. The third-order valence-corrected chi connectivity index (χ3v) is 5.90. The van der Waals surface area contributed by atoms with Crippen molar-refractivity contribution in [2.24, 2.45) is 4.99 Å². The van der Waals surface area contributed by atoms with Crippen molar-refractivity contribution in [1.82, 2.24) is 14.1 Å². The van der Waals surface area contributed by atoms with Gasteiger partial charge in [-0.3, -0.25) is 9.59 Å². The van der Waals surface area contributed by atoms with Gasteiger partial charge in [0.25, 0.3) is 0 Å². The van der Waals surface area contributed by atoms with E-state index in [0.717, 1.165) is 17.1 Å². The second-order valence-corrected chi connectivity index (χ2v) is 8.59. The lowest BCUT2D eigenvalue weighted by molar-refractivity contribution is -0.116. The maximum absolute atomic E-state index is 12.3. The summed E-state index contributed by atoms with van der Waals surface area (Å²) >= 11 is 7.20. The van der Waals surface area contributed by atoms with Gasteiger partial charge in [-0.05, 0) is 55.0 Å². The van der Waals surface area contributed by atoms with E-state index >= 15 is 0 Å². The largest absolute Gasteiger partial charge is 0.306 e. The highest BCUT2D eigenvalue weighted by atomic mass is 35.5. The molecule has 6 nitrogen and oxygen atoms in total. The van der Waals surface area contributed by atoms with Gasteiger partial charge in [0, 0.05) is 37.1 Å². The number of pyridine rings is 1. The fraction of sp³-hybridized carbons (Fsp3) is 0.130. The first kappa shape index (κ1) is 21.0. The van der Waals surface area contributed by atoms with Crippen molar-refractivity contribution in [2.75, 3.05) is 0 Å². The third-order valence-electron chi connectivity index (χ3n) is 4.63. The molecular weight excluding hydrogens is 432 g/mol. The number of nitrogens with zero attached hydrogens (tertiary/aromatic N) is 4. The van der Waals surface area contributed by atoms with E-state index in [1.165, 1.54) is 18.3 Å². The van der Waals surface area contributed by atoms with Gasteiger partial charge in [-0.15, -0.1) is 11.3 Å². The number of rotatable bonds is 6. The van der Waals surface area contributed by atoms with Gasteiger partial charge in [-0.25, -0.2) is 4.98 Å². The lowest BCUT2D eigenvalue weighted by Crippen LogP contribution is -2.19. The summed E-state index contributed by atoms with van der Waals surface area (Å²) < 4.78 is 4.39.